The Hall–Kier alpha value is -1.84. The molecule has 0 aromatic heterocycles. The summed E-state index contributed by atoms with van der Waals surface area (Å²) in [6, 6.07) is 9.27. The van der Waals surface area contributed by atoms with Gasteiger partial charge in [-0.25, -0.2) is 0 Å². The number of likely N-dealkylation sites (tertiary alicyclic amines) is 2. The summed E-state index contributed by atoms with van der Waals surface area (Å²) in [5, 5.41) is 0. The summed E-state index contributed by atoms with van der Waals surface area (Å²) in [5.41, 5.74) is 2.73. The van der Waals surface area contributed by atoms with Crippen LogP contribution >= 0.6 is 0 Å². The van der Waals surface area contributed by atoms with Gasteiger partial charge < -0.3 is 9.80 Å². The molecule has 4 heteroatoms. The minimum absolute atomic E-state index is 0.0905. The van der Waals surface area contributed by atoms with Gasteiger partial charge in [0, 0.05) is 32.1 Å². The number of carbonyl (C=O) groups excluding carboxylic acids is 2. The summed E-state index contributed by atoms with van der Waals surface area (Å²) < 4.78 is 0. The molecule has 1 aromatic carbocycles. The van der Waals surface area contributed by atoms with E-state index in [0.29, 0.717) is 24.9 Å². The molecule has 1 atom stereocenters. The summed E-state index contributed by atoms with van der Waals surface area (Å²) in [5.74, 6) is 1.04. The Morgan fingerprint density at radius 2 is 1.77 bits per heavy atom. The van der Waals surface area contributed by atoms with Crippen molar-refractivity contribution in [1.29, 1.82) is 0 Å². The number of carbonyl (C=O) groups is 2. The highest BCUT2D eigenvalue weighted by atomic mass is 16.2. The zero-order valence-corrected chi connectivity index (χ0v) is 15.8. The molecule has 0 bridgehead atoms. The minimum atomic E-state index is -0.0905. The average molecular weight is 354 g/mol. The third-order valence-electron chi connectivity index (χ3n) is 6.38. The molecule has 3 aliphatic rings. The van der Waals surface area contributed by atoms with E-state index in [4.69, 9.17) is 0 Å². The van der Waals surface area contributed by atoms with E-state index in [1.165, 1.54) is 17.5 Å². The predicted molar refractivity (Wildman–Crippen MR) is 102 cm³/mol. The molecule has 26 heavy (non-hydrogen) atoms. The van der Waals surface area contributed by atoms with Crippen molar-refractivity contribution in [3.63, 3.8) is 0 Å². The lowest BCUT2D eigenvalue weighted by atomic mass is 9.90. The number of piperidine rings is 1. The van der Waals surface area contributed by atoms with E-state index < -0.39 is 0 Å². The molecule has 4 nitrogen and oxygen atoms in total. The van der Waals surface area contributed by atoms with Crippen LogP contribution in [0.2, 0.25) is 0 Å². The Kier molecular flexibility index (Phi) is 5.01. The van der Waals surface area contributed by atoms with Gasteiger partial charge in [-0.15, -0.1) is 0 Å². The van der Waals surface area contributed by atoms with Crippen molar-refractivity contribution in [1.82, 2.24) is 9.80 Å². The molecule has 140 valence electrons. The van der Waals surface area contributed by atoms with Gasteiger partial charge in [-0.2, -0.15) is 0 Å². The Morgan fingerprint density at radius 3 is 2.42 bits per heavy atom. The monoisotopic (exact) mass is 354 g/mol. The molecular formula is C22H30N2O2. The van der Waals surface area contributed by atoms with E-state index in [1.807, 2.05) is 9.80 Å². The number of amides is 2. The zero-order valence-electron chi connectivity index (χ0n) is 15.8. The Balaban J connectivity index is 1.22. The van der Waals surface area contributed by atoms with E-state index in [0.717, 1.165) is 45.2 Å². The van der Waals surface area contributed by atoms with Gasteiger partial charge in [0.25, 0.3) is 0 Å². The van der Waals surface area contributed by atoms with Crippen molar-refractivity contribution in [3.05, 3.63) is 35.4 Å². The second kappa shape index (κ2) is 7.42. The minimum Gasteiger partial charge on any atom is -0.342 e. The first-order chi connectivity index (χ1) is 12.6. The summed E-state index contributed by atoms with van der Waals surface area (Å²) in [6.07, 6.45) is 7.23. The maximum Gasteiger partial charge on any atom is 0.227 e. The van der Waals surface area contributed by atoms with E-state index in [1.54, 1.807) is 0 Å². The number of hydrogen-bond donors (Lipinski definition) is 0. The lowest BCUT2D eigenvalue weighted by molar-refractivity contribution is -0.137. The average Bonchev–Trinajstić information content (AvgIpc) is 3.43. The quantitative estimate of drug-likeness (QED) is 0.815. The van der Waals surface area contributed by atoms with Crippen molar-refractivity contribution in [3.8, 4) is 0 Å². The Bertz CT molecular complexity index is 657. The maximum absolute atomic E-state index is 12.8. The lowest BCUT2D eigenvalue weighted by Crippen LogP contribution is -2.42. The molecule has 3 fully saturated rings. The van der Waals surface area contributed by atoms with Gasteiger partial charge in [-0.1, -0.05) is 29.8 Å². The van der Waals surface area contributed by atoms with Crippen LogP contribution in [0.15, 0.2) is 24.3 Å². The third-order valence-corrected chi connectivity index (χ3v) is 6.38. The van der Waals surface area contributed by atoms with E-state index in [9.17, 15) is 9.59 Å². The number of nitrogens with zero attached hydrogens (tertiary/aromatic N) is 2. The van der Waals surface area contributed by atoms with Gasteiger partial charge in [-0.3, -0.25) is 9.59 Å². The second-order valence-electron chi connectivity index (χ2n) is 8.47. The van der Waals surface area contributed by atoms with Crippen molar-refractivity contribution in [2.75, 3.05) is 19.6 Å². The highest BCUT2D eigenvalue weighted by molar-refractivity contribution is 5.89. The van der Waals surface area contributed by atoms with Crippen molar-refractivity contribution in [2.24, 2.45) is 11.8 Å². The zero-order chi connectivity index (χ0) is 18.1. The van der Waals surface area contributed by atoms with Crippen LogP contribution in [0.4, 0.5) is 0 Å². The second-order valence-corrected chi connectivity index (χ2v) is 8.47. The van der Waals surface area contributed by atoms with E-state index in [-0.39, 0.29) is 17.7 Å². The predicted octanol–water partition coefficient (Wildman–Crippen LogP) is 3.18. The van der Waals surface area contributed by atoms with E-state index >= 15 is 0 Å². The van der Waals surface area contributed by atoms with Crippen molar-refractivity contribution >= 4 is 11.8 Å². The topological polar surface area (TPSA) is 40.6 Å². The largest absolute Gasteiger partial charge is 0.342 e. The fourth-order valence-electron chi connectivity index (χ4n) is 4.46. The normalized spacial score (nSPS) is 24.3. The molecule has 1 aliphatic carbocycles. The third kappa shape index (κ3) is 3.94. The van der Waals surface area contributed by atoms with Gasteiger partial charge in [0.1, 0.15) is 0 Å². The van der Waals surface area contributed by atoms with Crippen LogP contribution in [0, 0.1) is 18.8 Å². The summed E-state index contributed by atoms with van der Waals surface area (Å²) in [7, 11) is 0. The number of aryl methyl sites for hydroxylation is 2. The summed E-state index contributed by atoms with van der Waals surface area (Å²) in [4.78, 5) is 28.9. The van der Waals surface area contributed by atoms with Crippen LogP contribution in [-0.4, -0.2) is 47.3 Å². The van der Waals surface area contributed by atoms with Crippen LogP contribution in [0.1, 0.15) is 49.7 Å². The molecule has 2 heterocycles. The van der Waals surface area contributed by atoms with Crippen molar-refractivity contribution < 1.29 is 9.59 Å². The highest BCUT2D eigenvalue weighted by Crippen LogP contribution is 2.33. The van der Waals surface area contributed by atoms with Crippen molar-refractivity contribution in [2.45, 2.75) is 57.9 Å². The van der Waals surface area contributed by atoms with Crippen LogP contribution < -0.4 is 0 Å². The first-order valence-corrected chi connectivity index (χ1v) is 10.2. The van der Waals surface area contributed by atoms with E-state index in [2.05, 4.69) is 31.2 Å². The van der Waals surface area contributed by atoms with Gasteiger partial charge in [0.2, 0.25) is 11.8 Å². The Labute approximate surface area is 156 Å². The molecule has 4 rings (SSSR count). The van der Waals surface area contributed by atoms with Gasteiger partial charge in [-0.05, 0) is 56.9 Å². The number of rotatable bonds is 5. The van der Waals surface area contributed by atoms with Gasteiger partial charge in [0.15, 0.2) is 0 Å². The molecule has 1 aromatic rings. The van der Waals surface area contributed by atoms with Crippen LogP contribution in [0.5, 0.6) is 0 Å². The number of hydrogen-bond acceptors (Lipinski definition) is 2. The molecule has 0 spiro atoms. The van der Waals surface area contributed by atoms with Crippen LogP contribution in [0.3, 0.4) is 0 Å². The molecule has 1 saturated carbocycles. The van der Waals surface area contributed by atoms with Crippen LogP contribution in [-0.2, 0) is 16.0 Å². The Morgan fingerprint density at radius 1 is 1.08 bits per heavy atom. The molecule has 0 N–H and O–H groups in total. The molecule has 2 aliphatic heterocycles. The van der Waals surface area contributed by atoms with Crippen LogP contribution in [0.25, 0.3) is 0 Å². The maximum atomic E-state index is 12.8. The lowest BCUT2D eigenvalue weighted by Gasteiger charge is -2.33. The first kappa shape index (κ1) is 17.6. The molecular weight excluding hydrogens is 324 g/mol. The SMILES string of the molecule is Cc1ccc(CCC2CCN(C(=O)C3CC(=O)N(C4CC4)C3)CC2)cc1. The molecule has 0 radical (unpaired) electrons. The fraction of sp³-hybridized carbons (Fsp3) is 0.636. The van der Waals surface area contributed by atoms with Gasteiger partial charge in [0.05, 0.1) is 5.92 Å². The fourth-order valence-corrected chi connectivity index (χ4v) is 4.46. The number of benzene rings is 1. The molecule has 2 saturated heterocycles. The summed E-state index contributed by atoms with van der Waals surface area (Å²) >= 11 is 0. The molecule has 2 amide bonds. The first-order valence-electron chi connectivity index (χ1n) is 10.2. The smallest absolute Gasteiger partial charge is 0.227 e. The highest BCUT2D eigenvalue weighted by Gasteiger charge is 2.43. The molecule has 1 unspecified atom stereocenters. The van der Waals surface area contributed by atoms with Gasteiger partial charge >= 0.3 is 0 Å². The summed E-state index contributed by atoms with van der Waals surface area (Å²) in [6.45, 7) is 4.52. The standard InChI is InChI=1S/C22H30N2O2/c1-16-2-4-17(5-3-16)6-7-18-10-12-23(13-11-18)22(26)19-14-21(25)24(15-19)20-8-9-20/h2-5,18-20H,6-15H2,1H3.